The summed E-state index contributed by atoms with van der Waals surface area (Å²) in [5.74, 6) is -1.21. The molecular formula is C12H16N2O7. The van der Waals surface area contributed by atoms with Gasteiger partial charge in [0, 0.05) is 12.3 Å². The summed E-state index contributed by atoms with van der Waals surface area (Å²) < 4.78 is 9.88. The average molecular weight is 300 g/mol. The van der Waals surface area contributed by atoms with Crippen LogP contribution in [0.25, 0.3) is 0 Å². The number of aliphatic hydroxyl groups is 3. The Labute approximate surface area is 119 Å². The number of rotatable bonds is 3. The van der Waals surface area contributed by atoms with Crippen molar-refractivity contribution in [2.45, 2.75) is 24.5 Å². The number of aromatic nitrogens is 1. The molecular weight excluding hydrogens is 284 g/mol. The van der Waals surface area contributed by atoms with Crippen LogP contribution in [0.2, 0.25) is 0 Å². The summed E-state index contributed by atoms with van der Waals surface area (Å²) in [5, 5.41) is 40.6. The minimum absolute atomic E-state index is 0.0655. The maximum Gasteiger partial charge on any atom is 0.275 e. The molecule has 1 aromatic rings. The Morgan fingerprint density at radius 3 is 2.81 bits per heavy atom. The second-order valence-electron chi connectivity index (χ2n) is 4.49. The van der Waals surface area contributed by atoms with Gasteiger partial charge in [-0.3, -0.25) is 4.79 Å². The molecule has 9 heteroatoms. The minimum atomic E-state index is -1.51. The van der Waals surface area contributed by atoms with Gasteiger partial charge in [0.2, 0.25) is 0 Å². The molecule has 0 saturated carbocycles. The highest BCUT2D eigenvalue weighted by molar-refractivity contribution is 5.95. The maximum atomic E-state index is 12.0. The third-order valence-electron chi connectivity index (χ3n) is 3.10. The van der Waals surface area contributed by atoms with Gasteiger partial charge in [0.25, 0.3) is 5.91 Å². The van der Waals surface area contributed by atoms with Crippen LogP contribution < -0.4 is 10.1 Å². The third kappa shape index (κ3) is 3.05. The van der Waals surface area contributed by atoms with Crippen molar-refractivity contribution in [1.82, 2.24) is 10.3 Å². The second kappa shape index (κ2) is 6.22. The number of aliphatic hydroxyl groups excluding tert-OH is 3. The molecule has 5 N–H and O–H groups in total. The van der Waals surface area contributed by atoms with Crippen LogP contribution in [0.3, 0.4) is 0 Å². The molecule has 0 bridgehead atoms. The molecule has 0 aliphatic carbocycles. The Morgan fingerprint density at radius 2 is 2.14 bits per heavy atom. The van der Waals surface area contributed by atoms with E-state index in [4.69, 9.17) is 9.47 Å². The number of ether oxygens (including phenoxy) is 2. The highest BCUT2D eigenvalue weighted by Crippen LogP contribution is 2.27. The summed E-state index contributed by atoms with van der Waals surface area (Å²) in [6, 6.07) is 1.37. The first-order valence-electron chi connectivity index (χ1n) is 6.14. The number of carbonyl (C=O) groups is 1. The van der Waals surface area contributed by atoms with E-state index in [1.54, 1.807) is 0 Å². The number of nitrogens with zero attached hydrogens (tertiary/aromatic N) is 1. The number of carbonyl (C=O) groups excluding carboxylic acids is 1. The van der Waals surface area contributed by atoms with Crippen LogP contribution in [0.4, 0.5) is 0 Å². The van der Waals surface area contributed by atoms with E-state index in [-0.39, 0.29) is 18.1 Å². The first kappa shape index (κ1) is 15.4. The fraction of sp³-hybridized carbons (Fsp3) is 0.500. The van der Waals surface area contributed by atoms with Crippen LogP contribution >= 0.6 is 0 Å². The molecule has 4 unspecified atom stereocenters. The van der Waals surface area contributed by atoms with Gasteiger partial charge < -0.3 is 35.2 Å². The van der Waals surface area contributed by atoms with Crippen LogP contribution in [-0.4, -0.2) is 69.6 Å². The van der Waals surface area contributed by atoms with Gasteiger partial charge in [-0.25, -0.2) is 4.98 Å². The first-order chi connectivity index (χ1) is 9.95. The van der Waals surface area contributed by atoms with Gasteiger partial charge >= 0.3 is 0 Å². The minimum Gasteiger partial charge on any atom is -0.503 e. The number of amides is 1. The molecule has 1 aromatic heterocycles. The Hall–Kier alpha value is -1.94. The van der Waals surface area contributed by atoms with Crippen LogP contribution in [0.5, 0.6) is 11.5 Å². The number of hydrogen-bond donors (Lipinski definition) is 5. The van der Waals surface area contributed by atoms with Crippen molar-refractivity contribution in [1.29, 1.82) is 0 Å². The summed E-state index contributed by atoms with van der Waals surface area (Å²) in [6.07, 6.45) is -4.16. The molecule has 1 amide bonds. The largest absolute Gasteiger partial charge is 0.503 e. The summed E-state index contributed by atoms with van der Waals surface area (Å²) in [6.45, 7) is -0.249. The Kier molecular flexibility index (Phi) is 4.58. The predicted octanol–water partition coefficient (Wildman–Crippen LogP) is -2.04. The van der Waals surface area contributed by atoms with E-state index in [2.05, 4.69) is 10.3 Å². The Bertz CT molecular complexity index is 524. The van der Waals surface area contributed by atoms with E-state index in [0.717, 1.165) is 0 Å². The molecule has 4 atom stereocenters. The molecule has 2 rings (SSSR count). The summed E-state index contributed by atoms with van der Waals surface area (Å²) >= 11 is 0. The highest BCUT2D eigenvalue weighted by Gasteiger charge is 2.38. The quantitative estimate of drug-likeness (QED) is 0.430. The zero-order valence-corrected chi connectivity index (χ0v) is 11.1. The van der Waals surface area contributed by atoms with E-state index < -0.39 is 36.2 Å². The molecule has 1 fully saturated rings. The number of pyridine rings is 1. The van der Waals surface area contributed by atoms with Crippen molar-refractivity contribution in [3.8, 4) is 11.5 Å². The van der Waals surface area contributed by atoms with Gasteiger partial charge in [-0.15, -0.1) is 0 Å². The lowest BCUT2D eigenvalue weighted by molar-refractivity contribution is -0.191. The monoisotopic (exact) mass is 300 g/mol. The molecule has 0 spiro atoms. The van der Waals surface area contributed by atoms with Crippen molar-refractivity contribution in [3.63, 3.8) is 0 Å². The van der Waals surface area contributed by atoms with E-state index in [1.165, 1.54) is 19.4 Å². The fourth-order valence-corrected chi connectivity index (χ4v) is 1.90. The molecule has 2 heterocycles. The number of hydrogen-bond acceptors (Lipinski definition) is 8. The molecule has 1 saturated heterocycles. The first-order valence-corrected chi connectivity index (χ1v) is 6.14. The van der Waals surface area contributed by atoms with Crippen LogP contribution in [0.1, 0.15) is 10.5 Å². The van der Waals surface area contributed by atoms with E-state index in [9.17, 15) is 25.2 Å². The topological polar surface area (TPSA) is 141 Å². The van der Waals surface area contributed by atoms with Gasteiger partial charge in [-0.1, -0.05) is 0 Å². The Balaban J connectivity index is 2.12. The smallest absolute Gasteiger partial charge is 0.275 e. The van der Waals surface area contributed by atoms with Gasteiger partial charge in [0.05, 0.1) is 13.7 Å². The van der Waals surface area contributed by atoms with Crippen molar-refractivity contribution < 1.29 is 34.7 Å². The molecule has 9 nitrogen and oxygen atoms in total. The van der Waals surface area contributed by atoms with Gasteiger partial charge in [-0.05, 0) is 0 Å². The van der Waals surface area contributed by atoms with Crippen molar-refractivity contribution in [2.24, 2.45) is 0 Å². The van der Waals surface area contributed by atoms with Gasteiger partial charge in [0.1, 0.15) is 18.3 Å². The highest BCUT2D eigenvalue weighted by atomic mass is 16.5. The second-order valence-corrected chi connectivity index (χ2v) is 4.49. The predicted molar refractivity (Wildman–Crippen MR) is 67.7 cm³/mol. The van der Waals surface area contributed by atoms with Gasteiger partial charge in [0.15, 0.2) is 23.4 Å². The van der Waals surface area contributed by atoms with Crippen LogP contribution in [0.15, 0.2) is 12.3 Å². The molecule has 0 radical (unpaired) electrons. The van der Waals surface area contributed by atoms with E-state index >= 15 is 0 Å². The summed E-state index contributed by atoms with van der Waals surface area (Å²) in [4.78, 5) is 15.7. The number of aromatic hydroxyl groups is 1. The van der Waals surface area contributed by atoms with Crippen molar-refractivity contribution in [3.05, 3.63) is 18.0 Å². The van der Waals surface area contributed by atoms with E-state index in [1.807, 2.05) is 0 Å². The Morgan fingerprint density at radius 1 is 1.43 bits per heavy atom. The fourth-order valence-electron chi connectivity index (χ4n) is 1.90. The summed E-state index contributed by atoms with van der Waals surface area (Å²) in [5.41, 5.74) is -0.314. The molecule has 0 aromatic carbocycles. The zero-order valence-electron chi connectivity index (χ0n) is 11.1. The van der Waals surface area contributed by atoms with Gasteiger partial charge in [-0.2, -0.15) is 0 Å². The van der Waals surface area contributed by atoms with E-state index in [0.29, 0.717) is 0 Å². The molecule has 1 aliphatic heterocycles. The lowest BCUT2D eigenvalue weighted by Crippen LogP contribution is -2.59. The standard InChI is InChI=1S/C12H16N2O7/c1-20-6-2-3-13-7(9(6)17)11(19)14-12-10(18)8(16)5(15)4-21-12/h2-3,5,8,10,12,15-18H,4H2,1H3,(H,14,19). The zero-order chi connectivity index (χ0) is 15.6. The maximum absolute atomic E-state index is 12.0. The van der Waals surface area contributed by atoms with Crippen molar-refractivity contribution in [2.75, 3.05) is 13.7 Å². The summed E-state index contributed by atoms with van der Waals surface area (Å²) in [7, 11) is 1.32. The number of methoxy groups -OCH3 is 1. The molecule has 1 aliphatic rings. The lowest BCUT2D eigenvalue weighted by atomic mass is 10.0. The molecule has 21 heavy (non-hydrogen) atoms. The third-order valence-corrected chi connectivity index (χ3v) is 3.10. The normalized spacial score (nSPS) is 29.0. The van der Waals surface area contributed by atoms with Crippen LogP contribution in [0, 0.1) is 0 Å². The average Bonchev–Trinajstić information content (AvgIpc) is 2.48. The lowest BCUT2D eigenvalue weighted by Gasteiger charge is -2.35. The SMILES string of the molecule is COc1ccnc(C(=O)NC2OCC(O)C(O)C2O)c1O. The number of nitrogens with one attached hydrogen (secondary N) is 1. The molecule has 116 valence electrons. The van der Waals surface area contributed by atoms with Crippen LogP contribution in [-0.2, 0) is 4.74 Å². The van der Waals surface area contributed by atoms with Crippen molar-refractivity contribution >= 4 is 5.91 Å².